The fourth-order valence-electron chi connectivity index (χ4n) is 5.50. The fourth-order valence-corrected chi connectivity index (χ4v) is 5.50. The largest absolute Gasteiger partial charge is 0.493 e. The zero-order valence-corrected chi connectivity index (χ0v) is 26.3. The van der Waals surface area contributed by atoms with Gasteiger partial charge in [0.2, 0.25) is 11.8 Å². The number of nitrogens with two attached hydrogens (primary N) is 1. The number of nitrogens with zero attached hydrogens (tertiary/aromatic N) is 1. The van der Waals surface area contributed by atoms with Crippen molar-refractivity contribution in [2.45, 2.75) is 71.6 Å². The normalized spacial score (nSPS) is 16.5. The predicted molar refractivity (Wildman–Crippen MR) is 173 cm³/mol. The average molecular weight is 616 g/mol. The summed E-state index contributed by atoms with van der Waals surface area (Å²) in [5, 5.41) is 8.93. The number of benzene rings is 3. The monoisotopic (exact) mass is 615 g/mol. The molecule has 3 atom stereocenters. The summed E-state index contributed by atoms with van der Waals surface area (Å²) in [6.07, 6.45) is 0.802. The van der Waals surface area contributed by atoms with Crippen LogP contribution in [0.15, 0.2) is 54.6 Å². The van der Waals surface area contributed by atoms with Gasteiger partial charge in [0.25, 0.3) is 5.91 Å². The number of amides is 3. The van der Waals surface area contributed by atoms with E-state index in [2.05, 4.69) is 22.0 Å². The number of nitrogens with one attached hydrogen (secondary N) is 3. The van der Waals surface area contributed by atoms with E-state index in [4.69, 9.17) is 19.9 Å². The Morgan fingerprint density at radius 1 is 1.00 bits per heavy atom. The third-order valence-electron chi connectivity index (χ3n) is 7.82. The number of hydrogen-bond acceptors (Lipinski definition) is 8. The van der Waals surface area contributed by atoms with Gasteiger partial charge in [0.05, 0.1) is 43.2 Å². The number of carbonyl (C=O) groups is 3. The smallest absolute Gasteiger partial charge is 0.260 e. The van der Waals surface area contributed by atoms with E-state index in [1.165, 1.54) is 0 Å². The van der Waals surface area contributed by atoms with Gasteiger partial charge >= 0.3 is 0 Å². The van der Waals surface area contributed by atoms with Crippen molar-refractivity contribution in [2.75, 3.05) is 29.2 Å². The van der Waals surface area contributed by atoms with Gasteiger partial charge in [0.1, 0.15) is 12.6 Å². The highest BCUT2D eigenvalue weighted by Crippen LogP contribution is 2.40. The molecule has 3 amide bonds. The number of methoxy groups -OCH3 is 1. The number of hydrogen-bond donors (Lipinski definition) is 4. The SMILES string of the molecule is COc1cc2c(cc1OCc1cc(COC(C)C)cc(NC(=O)[C@H](C)NC(=O)[C@H](C)N)c1)NC[C@@H]1Cc3ccccc3N1C2=O. The summed E-state index contributed by atoms with van der Waals surface area (Å²) in [6.45, 7) is 8.14. The van der Waals surface area contributed by atoms with Crippen LogP contribution in [0.25, 0.3) is 0 Å². The van der Waals surface area contributed by atoms with E-state index in [1.807, 2.05) is 49.1 Å². The van der Waals surface area contributed by atoms with Crippen molar-refractivity contribution in [1.29, 1.82) is 0 Å². The molecule has 0 saturated heterocycles. The molecule has 11 nitrogen and oxygen atoms in total. The summed E-state index contributed by atoms with van der Waals surface area (Å²) in [7, 11) is 1.54. The molecule has 2 aliphatic heterocycles. The second-order valence-electron chi connectivity index (χ2n) is 11.8. The lowest BCUT2D eigenvalue weighted by molar-refractivity contribution is -0.126. The van der Waals surface area contributed by atoms with Crippen LogP contribution in [0.3, 0.4) is 0 Å². The molecule has 0 radical (unpaired) electrons. The first-order chi connectivity index (χ1) is 21.5. The molecule has 0 aromatic heterocycles. The molecule has 2 aliphatic rings. The maximum Gasteiger partial charge on any atom is 0.260 e. The Balaban J connectivity index is 1.36. The summed E-state index contributed by atoms with van der Waals surface area (Å²) >= 11 is 0. The molecule has 2 heterocycles. The molecule has 238 valence electrons. The van der Waals surface area contributed by atoms with Crippen LogP contribution in [0.2, 0.25) is 0 Å². The Hall–Kier alpha value is -4.61. The summed E-state index contributed by atoms with van der Waals surface area (Å²) < 4.78 is 17.7. The molecule has 5 N–H and O–H groups in total. The van der Waals surface area contributed by atoms with Crippen molar-refractivity contribution >= 4 is 34.8 Å². The first kappa shape index (κ1) is 31.8. The molecule has 0 spiro atoms. The maximum absolute atomic E-state index is 13.8. The molecule has 5 rings (SSSR count). The zero-order chi connectivity index (χ0) is 32.2. The van der Waals surface area contributed by atoms with Crippen LogP contribution in [-0.2, 0) is 34.0 Å². The molecule has 0 fully saturated rings. The van der Waals surface area contributed by atoms with Crippen LogP contribution in [0, 0.1) is 0 Å². The summed E-state index contributed by atoms with van der Waals surface area (Å²) in [5.41, 5.74) is 11.1. The van der Waals surface area contributed by atoms with Gasteiger partial charge in [0.15, 0.2) is 11.5 Å². The van der Waals surface area contributed by atoms with Crippen LogP contribution in [0.5, 0.6) is 11.5 Å². The third kappa shape index (κ3) is 7.21. The summed E-state index contributed by atoms with van der Waals surface area (Å²) in [4.78, 5) is 40.5. The van der Waals surface area contributed by atoms with E-state index in [-0.39, 0.29) is 30.6 Å². The second kappa shape index (κ2) is 13.6. The minimum Gasteiger partial charge on any atom is -0.493 e. The standard InChI is InChI=1S/C34H41N5O6/c1-19(2)44-17-22-10-23(12-25(11-22)38-33(41)21(4)37-32(40)20(3)35)18-45-31-15-28-27(14-30(31)43-5)34(42)39-26(16-36-28)13-24-8-6-7-9-29(24)39/h6-12,14-15,19-21,26,36H,13,16-18,35H2,1-5H3,(H,37,40)(H,38,41)/t20-,21-,26-/m0/s1. The Bertz CT molecular complexity index is 1590. The Kier molecular flexibility index (Phi) is 9.60. The molecule has 45 heavy (non-hydrogen) atoms. The van der Waals surface area contributed by atoms with E-state index in [1.54, 1.807) is 39.2 Å². The van der Waals surface area contributed by atoms with Gasteiger partial charge in [-0.15, -0.1) is 0 Å². The van der Waals surface area contributed by atoms with Gasteiger partial charge in [0, 0.05) is 24.0 Å². The molecule has 3 aromatic rings. The minimum absolute atomic E-state index is 0.0110. The van der Waals surface area contributed by atoms with Gasteiger partial charge in [-0.2, -0.15) is 0 Å². The highest BCUT2D eigenvalue weighted by Gasteiger charge is 2.37. The molecular formula is C34H41N5O6. The topological polar surface area (TPSA) is 144 Å². The second-order valence-corrected chi connectivity index (χ2v) is 11.8. The van der Waals surface area contributed by atoms with E-state index in [0.717, 1.165) is 28.8 Å². The molecule has 11 heteroatoms. The fraction of sp³-hybridized carbons (Fsp3) is 0.382. The molecule has 0 unspecified atom stereocenters. The zero-order valence-electron chi connectivity index (χ0n) is 26.3. The molecule has 0 aliphatic carbocycles. The lowest BCUT2D eigenvalue weighted by Crippen LogP contribution is -2.47. The van der Waals surface area contributed by atoms with Crippen LogP contribution < -0.4 is 36.1 Å². The highest BCUT2D eigenvalue weighted by atomic mass is 16.5. The maximum atomic E-state index is 13.8. The Labute approximate surface area is 263 Å². The summed E-state index contributed by atoms with van der Waals surface area (Å²) in [5.74, 6) is 0.0207. The number of anilines is 3. The molecular weight excluding hydrogens is 574 g/mol. The van der Waals surface area contributed by atoms with Crippen LogP contribution in [0.4, 0.5) is 17.1 Å². The average Bonchev–Trinajstić information content (AvgIpc) is 3.33. The van der Waals surface area contributed by atoms with Crippen molar-refractivity contribution < 1.29 is 28.6 Å². The number of carbonyl (C=O) groups excluding carboxylic acids is 3. The van der Waals surface area contributed by atoms with Crippen molar-refractivity contribution in [1.82, 2.24) is 5.32 Å². The van der Waals surface area contributed by atoms with Crippen molar-refractivity contribution in [3.63, 3.8) is 0 Å². The third-order valence-corrected chi connectivity index (χ3v) is 7.82. The minimum atomic E-state index is -0.790. The Morgan fingerprint density at radius 3 is 2.44 bits per heavy atom. The number of fused-ring (bicyclic) bond motifs is 4. The van der Waals surface area contributed by atoms with Gasteiger partial charge < -0.3 is 40.8 Å². The highest BCUT2D eigenvalue weighted by molar-refractivity contribution is 6.12. The van der Waals surface area contributed by atoms with E-state index < -0.39 is 18.0 Å². The van der Waals surface area contributed by atoms with Crippen LogP contribution in [0.1, 0.15) is 54.7 Å². The van der Waals surface area contributed by atoms with Crippen molar-refractivity contribution in [2.24, 2.45) is 5.73 Å². The predicted octanol–water partition coefficient (Wildman–Crippen LogP) is 3.99. The number of ether oxygens (including phenoxy) is 3. The number of rotatable bonds is 11. The molecule has 0 bridgehead atoms. The van der Waals surface area contributed by atoms with Crippen LogP contribution in [-0.4, -0.2) is 55.6 Å². The lowest BCUT2D eigenvalue weighted by Gasteiger charge is -2.22. The first-order valence-electron chi connectivity index (χ1n) is 15.2. The van der Waals surface area contributed by atoms with Crippen molar-refractivity contribution in [3.8, 4) is 11.5 Å². The van der Waals surface area contributed by atoms with Gasteiger partial charge in [-0.25, -0.2) is 0 Å². The quantitative estimate of drug-likeness (QED) is 0.254. The van der Waals surface area contributed by atoms with E-state index in [0.29, 0.717) is 41.6 Å². The molecule has 3 aromatic carbocycles. The van der Waals surface area contributed by atoms with Gasteiger partial charge in [-0.05, 0) is 81.1 Å². The van der Waals surface area contributed by atoms with Gasteiger partial charge in [-0.3, -0.25) is 14.4 Å². The number of para-hydroxylation sites is 1. The summed E-state index contributed by atoms with van der Waals surface area (Å²) in [6, 6.07) is 15.6. The van der Waals surface area contributed by atoms with Gasteiger partial charge in [-0.1, -0.05) is 18.2 Å². The van der Waals surface area contributed by atoms with E-state index >= 15 is 0 Å². The Morgan fingerprint density at radius 2 is 1.73 bits per heavy atom. The van der Waals surface area contributed by atoms with Crippen LogP contribution >= 0.6 is 0 Å². The first-order valence-corrected chi connectivity index (χ1v) is 15.2. The van der Waals surface area contributed by atoms with Crippen molar-refractivity contribution in [3.05, 3.63) is 76.9 Å². The van der Waals surface area contributed by atoms with E-state index in [9.17, 15) is 14.4 Å². The molecule has 0 saturated carbocycles. The lowest BCUT2D eigenvalue weighted by atomic mass is 10.1.